The number of carbonyl (C=O) groups excluding carboxylic acids is 1. The molecule has 0 unspecified atom stereocenters. The van der Waals surface area contributed by atoms with Crippen LogP contribution in [-0.2, 0) is 18.9 Å². The molecule has 0 radical (unpaired) electrons. The van der Waals surface area contributed by atoms with Crippen LogP contribution in [0.5, 0.6) is 0 Å². The van der Waals surface area contributed by atoms with Crippen LogP contribution in [0.15, 0.2) is 40.8 Å². The molecule has 0 aliphatic rings. The number of nitrogens with zero attached hydrogens (tertiary/aromatic N) is 3. The van der Waals surface area contributed by atoms with Gasteiger partial charge in [0, 0.05) is 18.9 Å². The van der Waals surface area contributed by atoms with Gasteiger partial charge in [-0.15, -0.1) is 0 Å². The molecule has 4 rings (SSSR count). The molecule has 3 aromatic heterocycles. The number of hydrazine groups is 1. The van der Waals surface area contributed by atoms with Gasteiger partial charge in [-0.05, 0) is 73.1 Å². The minimum absolute atomic E-state index is 0.117. The monoisotopic (exact) mass is 489 g/mol. The van der Waals surface area contributed by atoms with E-state index in [-0.39, 0.29) is 17.1 Å². The summed E-state index contributed by atoms with van der Waals surface area (Å²) >= 11 is 0. The Morgan fingerprint density at radius 2 is 1.78 bits per heavy atom. The average molecular weight is 490 g/mol. The fraction of sp³-hybridized carbons (Fsp3) is 0.414. The molecule has 1 amide bonds. The largest absolute Gasteiger partial charge is 0.456 e. The zero-order chi connectivity index (χ0) is 26.6. The lowest BCUT2D eigenvalue weighted by Crippen LogP contribution is -2.29. The molecule has 0 atom stereocenters. The number of amides is 1. The number of fused-ring (bicyclic) bond motifs is 1. The van der Waals surface area contributed by atoms with Crippen LogP contribution in [-0.4, -0.2) is 20.7 Å². The molecule has 0 fully saturated rings. The molecule has 4 aromatic rings. The number of furan rings is 1. The summed E-state index contributed by atoms with van der Waals surface area (Å²) in [4.78, 5) is 17.3. The number of pyridine rings is 1. The molecule has 3 heterocycles. The number of aryl methyl sites for hydroxylation is 4. The summed E-state index contributed by atoms with van der Waals surface area (Å²) in [6, 6.07) is 12.1. The van der Waals surface area contributed by atoms with Gasteiger partial charge in [-0.1, -0.05) is 52.8 Å². The average Bonchev–Trinajstić information content (AvgIpc) is 3.44. The first kappa shape index (κ1) is 27.0. The van der Waals surface area contributed by atoms with Crippen molar-refractivity contribution in [2.45, 2.75) is 73.6 Å². The Balaban J connectivity index is 0.00000176. The van der Waals surface area contributed by atoms with Crippen molar-refractivity contribution in [2.24, 2.45) is 7.05 Å². The summed E-state index contributed by atoms with van der Waals surface area (Å²) < 4.78 is 7.61. The number of carbonyl (C=O) groups is 1. The third-order valence-corrected chi connectivity index (χ3v) is 6.73. The Morgan fingerprint density at radius 3 is 2.47 bits per heavy atom. The van der Waals surface area contributed by atoms with E-state index in [1.807, 2.05) is 46.9 Å². The van der Waals surface area contributed by atoms with E-state index < -0.39 is 0 Å². The van der Waals surface area contributed by atoms with Crippen LogP contribution in [0.1, 0.15) is 85.3 Å². The van der Waals surface area contributed by atoms with Crippen LogP contribution in [0.3, 0.4) is 0 Å². The number of hydrogen-bond acceptors (Lipinski definition) is 5. The highest BCUT2D eigenvalue weighted by molar-refractivity contribution is 5.92. The maximum absolute atomic E-state index is 12.7. The lowest BCUT2D eigenvalue weighted by atomic mass is 9.81. The molecular weight excluding hydrogens is 450 g/mol. The lowest BCUT2D eigenvalue weighted by Gasteiger charge is -2.24. The minimum atomic E-state index is -0.357. The van der Waals surface area contributed by atoms with Gasteiger partial charge in [-0.25, -0.2) is 4.98 Å². The molecule has 2 N–H and O–H groups in total. The molecule has 0 aliphatic carbocycles. The third-order valence-electron chi connectivity index (χ3n) is 6.73. The van der Waals surface area contributed by atoms with Gasteiger partial charge in [0.05, 0.1) is 5.69 Å². The number of anilines is 1. The molecule has 1 aromatic carbocycles. The van der Waals surface area contributed by atoms with E-state index in [4.69, 9.17) is 4.42 Å². The van der Waals surface area contributed by atoms with E-state index in [0.717, 1.165) is 34.5 Å². The van der Waals surface area contributed by atoms with Crippen LogP contribution in [0, 0.1) is 20.8 Å². The van der Waals surface area contributed by atoms with Gasteiger partial charge in [0.2, 0.25) is 0 Å². The van der Waals surface area contributed by atoms with Gasteiger partial charge in [0.1, 0.15) is 11.6 Å². The first-order valence-corrected chi connectivity index (χ1v) is 12.6. The van der Waals surface area contributed by atoms with Crippen molar-refractivity contribution in [2.75, 3.05) is 5.43 Å². The van der Waals surface area contributed by atoms with Crippen molar-refractivity contribution in [1.29, 1.82) is 0 Å². The number of aromatic nitrogens is 3. The van der Waals surface area contributed by atoms with E-state index in [0.29, 0.717) is 12.2 Å². The maximum Gasteiger partial charge on any atom is 0.305 e. The quantitative estimate of drug-likeness (QED) is 0.288. The van der Waals surface area contributed by atoms with Gasteiger partial charge in [0.15, 0.2) is 11.4 Å². The molecular formula is C29H39N5O2. The topological polar surface area (TPSA) is 85.0 Å². The van der Waals surface area contributed by atoms with Gasteiger partial charge < -0.3 is 4.42 Å². The predicted octanol–water partition coefficient (Wildman–Crippen LogP) is 6.55. The summed E-state index contributed by atoms with van der Waals surface area (Å²) in [6.45, 7) is 16.8. The Labute approximate surface area is 214 Å². The van der Waals surface area contributed by atoms with Crippen molar-refractivity contribution in [1.82, 2.24) is 20.2 Å². The zero-order valence-electron chi connectivity index (χ0n) is 23.0. The highest BCUT2D eigenvalue weighted by Crippen LogP contribution is 2.29. The van der Waals surface area contributed by atoms with Crippen LogP contribution in [0.2, 0.25) is 0 Å². The van der Waals surface area contributed by atoms with Gasteiger partial charge >= 0.3 is 5.91 Å². The van der Waals surface area contributed by atoms with Crippen molar-refractivity contribution >= 4 is 22.8 Å². The van der Waals surface area contributed by atoms with Crippen molar-refractivity contribution < 1.29 is 9.21 Å². The Kier molecular flexibility index (Phi) is 8.23. The second kappa shape index (κ2) is 11.0. The summed E-state index contributed by atoms with van der Waals surface area (Å²) in [6.07, 6.45) is 1.70. The van der Waals surface area contributed by atoms with E-state index in [1.54, 1.807) is 10.7 Å². The van der Waals surface area contributed by atoms with E-state index in [9.17, 15) is 4.79 Å². The first-order valence-electron chi connectivity index (χ1n) is 12.6. The first-order chi connectivity index (χ1) is 17.1. The normalized spacial score (nSPS) is 11.2. The molecule has 0 aliphatic heterocycles. The Morgan fingerprint density at radius 1 is 1.06 bits per heavy atom. The fourth-order valence-corrected chi connectivity index (χ4v) is 4.18. The molecule has 0 saturated carbocycles. The molecule has 0 bridgehead atoms. The van der Waals surface area contributed by atoms with Crippen molar-refractivity contribution in [3.05, 3.63) is 75.9 Å². The molecule has 36 heavy (non-hydrogen) atoms. The van der Waals surface area contributed by atoms with Gasteiger partial charge in [-0.3, -0.25) is 20.3 Å². The highest BCUT2D eigenvalue weighted by atomic mass is 16.4. The second-order valence-electron chi connectivity index (χ2n) is 9.63. The second-order valence-corrected chi connectivity index (χ2v) is 9.63. The van der Waals surface area contributed by atoms with Crippen molar-refractivity contribution in [3.8, 4) is 0 Å². The third kappa shape index (κ3) is 5.61. The SMILES string of the molecule is CC.CCC(C)(C)c1ccc(C)c(Cc2ccc(C(=O)NNc3cc(C)c4c(C)nn(C)c4n3)o2)c1. The highest BCUT2D eigenvalue weighted by Gasteiger charge is 2.20. The van der Waals surface area contributed by atoms with Gasteiger partial charge in [-0.2, -0.15) is 5.10 Å². The molecule has 7 heteroatoms. The summed E-state index contributed by atoms with van der Waals surface area (Å²) in [7, 11) is 1.86. The van der Waals surface area contributed by atoms with Gasteiger partial charge in [0.25, 0.3) is 0 Å². The van der Waals surface area contributed by atoms with E-state index in [1.165, 1.54) is 16.7 Å². The predicted molar refractivity (Wildman–Crippen MR) is 146 cm³/mol. The number of rotatable bonds is 7. The maximum atomic E-state index is 12.7. The zero-order valence-corrected chi connectivity index (χ0v) is 23.0. The lowest BCUT2D eigenvalue weighted by molar-refractivity contribution is 0.0933. The molecule has 7 nitrogen and oxygen atoms in total. The molecule has 0 saturated heterocycles. The van der Waals surface area contributed by atoms with Crippen LogP contribution in [0.4, 0.5) is 5.82 Å². The summed E-state index contributed by atoms with van der Waals surface area (Å²) in [5.41, 5.74) is 12.2. The van der Waals surface area contributed by atoms with Crippen LogP contribution >= 0.6 is 0 Å². The Hall–Kier alpha value is -3.61. The standard InChI is InChI=1S/C27H33N5O2.C2H6/c1-8-27(5,6)20-10-9-16(2)19(14-20)15-21-11-12-22(34-21)26(33)30-29-23-13-17(3)24-18(4)31-32(7)25(24)28-23;1-2/h9-14H,8,15H2,1-7H3,(H,28,29)(H,30,33);1-2H3. The smallest absolute Gasteiger partial charge is 0.305 e. The minimum Gasteiger partial charge on any atom is -0.456 e. The fourth-order valence-electron chi connectivity index (χ4n) is 4.18. The Bertz CT molecular complexity index is 1360. The van der Waals surface area contributed by atoms with Crippen LogP contribution in [0.25, 0.3) is 11.0 Å². The number of benzene rings is 1. The van der Waals surface area contributed by atoms with Crippen molar-refractivity contribution in [3.63, 3.8) is 0 Å². The number of hydrogen-bond donors (Lipinski definition) is 2. The summed E-state index contributed by atoms with van der Waals surface area (Å²) in [5.74, 6) is 1.18. The number of nitrogens with one attached hydrogen (secondary N) is 2. The van der Waals surface area contributed by atoms with E-state index >= 15 is 0 Å². The summed E-state index contributed by atoms with van der Waals surface area (Å²) in [5, 5.41) is 5.45. The molecule has 192 valence electrons. The van der Waals surface area contributed by atoms with Crippen LogP contribution < -0.4 is 10.9 Å². The van der Waals surface area contributed by atoms with E-state index in [2.05, 4.69) is 66.8 Å². The molecule has 0 spiro atoms.